The van der Waals surface area contributed by atoms with E-state index in [4.69, 9.17) is 9.81 Å². The minimum atomic E-state index is -3.63. The van der Waals surface area contributed by atoms with Crippen LogP contribution in [-0.4, -0.2) is 55.4 Å². The van der Waals surface area contributed by atoms with Gasteiger partial charge in [-0.15, -0.1) is 10.2 Å². The van der Waals surface area contributed by atoms with E-state index in [1.54, 1.807) is 6.20 Å². The predicted octanol–water partition coefficient (Wildman–Crippen LogP) is 2.42. The van der Waals surface area contributed by atoms with Crippen LogP contribution < -0.4 is 5.32 Å². The summed E-state index contributed by atoms with van der Waals surface area (Å²) in [7, 11) is -3.63. The number of nitrogens with one attached hydrogen (secondary N) is 2. The second-order valence-corrected chi connectivity index (χ2v) is 9.94. The van der Waals surface area contributed by atoms with Crippen molar-refractivity contribution in [2.24, 2.45) is 5.92 Å². The number of rotatable bonds is 6. The molecule has 0 saturated heterocycles. The third-order valence-corrected chi connectivity index (χ3v) is 7.45. The first-order valence-corrected chi connectivity index (χ1v) is 12.2. The van der Waals surface area contributed by atoms with Gasteiger partial charge < -0.3 is 10.3 Å². The van der Waals surface area contributed by atoms with Crippen molar-refractivity contribution in [1.82, 2.24) is 29.9 Å². The van der Waals surface area contributed by atoms with Crippen LogP contribution in [0.4, 0.5) is 0 Å². The molecule has 3 heterocycles. The third-order valence-electron chi connectivity index (χ3n) is 6.13. The average molecular weight is 446 g/mol. The molecule has 2 aliphatic rings. The summed E-state index contributed by atoms with van der Waals surface area (Å²) < 4.78 is 30.2. The van der Waals surface area contributed by atoms with Gasteiger partial charge in [-0.2, -0.15) is 13.7 Å². The van der Waals surface area contributed by atoms with Crippen LogP contribution in [0.15, 0.2) is 18.5 Å². The van der Waals surface area contributed by atoms with Crippen LogP contribution in [-0.2, 0) is 10.1 Å². The summed E-state index contributed by atoms with van der Waals surface area (Å²) in [6.07, 6.45) is 8.80. The maximum Gasteiger partial charge on any atom is 0.267 e. The maximum atomic E-state index is 9.95. The zero-order valence-corrected chi connectivity index (χ0v) is 18.2. The minimum Gasteiger partial charge on any atom is -0.345 e. The lowest BCUT2D eigenvalue weighted by atomic mass is 9.93. The predicted molar refractivity (Wildman–Crippen MR) is 115 cm³/mol. The Morgan fingerprint density at radius 2 is 2.16 bits per heavy atom. The molecule has 2 aliphatic carbocycles. The molecular formula is C20H27N7O3S. The topological polar surface area (TPSA) is 149 Å². The van der Waals surface area contributed by atoms with Crippen molar-refractivity contribution in [3.05, 3.63) is 24.3 Å². The molecule has 5 rings (SSSR count). The fourth-order valence-corrected chi connectivity index (χ4v) is 5.13. The zero-order chi connectivity index (χ0) is 22.0. The van der Waals surface area contributed by atoms with Crippen molar-refractivity contribution in [3.8, 4) is 6.07 Å². The summed E-state index contributed by atoms with van der Waals surface area (Å²) in [5.74, 6) is 2.00. The van der Waals surface area contributed by atoms with Gasteiger partial charge in [0, 0.05) is 31.1 Å². The highest BCUT2D eigenvalue weighted by Crippen LogP contribution is 2.41. The summed E-state index contributed by atoms with van der Waals surface area (Å²) in [6.45, 7) is 3.00. The number of nitrogens with zero attached hydrogens (tertiary/aromatic N) is 5. The Bertz CT molecular complexity index is 1190. The molecule has 3 atom stereocenters. The van der Waals surface area contributed by atoms with E-state index in [1.165, 1.54) is 0 Å². The highest BCUT2D eigenvalue weighted by molar-refractivity contribution is 7.86. The molecule has 0 radical (unpaired) electrons. The molecule has 0 unspecified atom stereocenters. The largest absolute Gasteiger partial charge is 0.345 e. The number of fused-ring (bicyclic) bond motifs is 3. The van der Waals surface area contributed by atoms with E-state index in [9.17, 15) is 8.42 Å². The molecule has 3 N–H and O–H groups in total. The molecule has 10 nitrogen and oxygen atoms in total. The molecule has 3 aromatic rings. The Balaban J connectivity index is 0.000000282. The number of nitriles is 1. The van der Waals surface area contributed by atoms with Crippen LogP contribution in [0.1, 0.15) is 57.2 Å². The Hall–Kier alpha value is -2.55. The average Bonchev–Trinajstić information content (AvgIpc) is 3.19. The first kappa shape index (κ1) is 21.7. The molecule has 31 heavy (non-hydrogen) atoms. The zero-order valence-electron chi connectivity index (χ0n) is 17.4. The standard InChI is InChI=1S/C17H21N7.C3H6O3S/c1-2-11-8-12(19-6-3-5-18)9-13(11)17-23-22-15-10-21-16-14(24(15)17)4-7-20-16;4-7(5,6)3-1-2-3/h4,7,10-13,19-20H,2-3,6,8-9H2,1H3;3H,1-2H2,(H,4,5,6)/t11-,12+,13+;/m1./s1. The Morgan fingerprint density at radius 1 is 1.35 bits per heavy atom. The van der Waals surface area contributed by atoms with Gasteiger partial charge in [-0.3, -0.25) is 8.95 Å². The number of hydrogen-bond donors (Lipinski definition) is 3. The van der Waals surface area contributed by atoms with Crippen molar-refractivity contribution in [2.45, 2.75) is 62.7 Å². The molecular weight excluding hydrogens is 418 g/mol. The van der Waals surface area contributed by atoms with Crippen LogP contribution in [0.25, 0.3) is 16.8 Å². The van der Waals surface area contributed by atoms with E-state index in [1.807, 2.05) is 12.3 Å². The SMILES string of the molecule is CC[C@@H]1C[C@H](NCCC#N)C[C@@H]1c1nnc2cnc3[nH]ccc3n12.O=S(=O)(O)C1CC1. The summed E-state index contributed by atoms with van der Waals surface area (Å²) in [6, 6.07) is 4.67. The van der Waals surface area contributed by atoms with Gasteiger partial charge in [0.15, 0.2) is 11.3 Å². The summed E-state index contributed by atoms with van der Waals surface area (Å²) in [4.78, 5) is 7.55. The third kappa shape index (κ3) is 4.71. The normalized spacial score (nSPS) is 23.6. The molecule has 0 bridgehead atoms. The van der Waals surface area contributed by atoms with Crippen molar-refractivity contribution >= 4 is 26.9 Å². The molecule has 0 aromatic carbocycles. The smallest absolute Gasteiger partial charge is 0.267 e. The van der Waals surface area contributed by atoms with Gasteiger partial charge >= 0.3 is 0 Å². The van der Waals surface area contributed by atoms with Crippen molar-refractivity contribution in [1.29, 1.82) is 5.26 Å². The number of H-pyrrole nitrogens is 1. The van der Waals surface area contributed by atoms with E-state index < -0.39 is 15.4 Å². The Labute approximate surface area is 180 Å². The van der Waals surface area contributed by atoms with Crippen LogP contribution in [0.5, 0.6) is 0 Å². The monoisotopic (exact) mass is 445 g/mol. The Morgan fingerprint density at radius 3 is 2.81 bits per heavy atom. The van der Waals surface area contributed by atoms with Crippen LogP contribution in [0.3, 0.4) is 0 Å². The minimum absolute atomic E-state index is 0.380. The van der Waals surface area contributed by atoms with Gasteiger partial charge in [0.25, 0.3) is 10.1 Å². The summed E-state index contributed by atoms with van der Waals surface area (Å²) in [5, 5.41) is 20.7. The number of hydrogen-bond acceptors (Lipinski definition) is 7. The Kier molecular flexibility index (Phi) is 6.22. The summed E-state index contributed by atoms with van der Waals surface area (Å²) in [5.41, 5.74) is 2.69. The van der Waals surface area contributed by atoms with E-state index in [-0.39, 0.29) is 0 Å². The maximum absolute atomic E-state index is 9.95. The molecule has 0 spiro atoms. The first-order chi connectivity index (χ1) is 14.9. The second-order valence-electron chi connectivity index (χ2n) is 8.24. The van der Waals surface area contributed by atoms with Gasteiger partial charge in [-0.25, -0.2) is 4.98 Å². The van der Waals surface area contributed by atoms with Gasteiger partial charge in [-0.1, -0.05) is 13.3 Å². The highest BCUT2D eigenvalue weighted by Gasteiger charge is 2.37. The number of aromatic amines is 1. The second kappa shape index (κ2) is 8.90. The fraction of sp³-hybridized carbons (Fsp3) is 0.600. The van der Waals surface area contributed by atoms with Crippen molar-refractivity contribution in [3.63, 3.8) is 0 Å². The van der Waals surface area contributed by atoms with Crippen LogP contribution in [0, 0.1) is 17.2 Å². The molecule has 2 fully saturated rings. The first-order valence-electron chi connectivity index (χ1n) is 10.7. The van der Waals surface area contributed by atoms with Crippen LogP contribution in [0.2, 0.25) is 0 Å². The quantitative estimate of drug-likeness (QED) is 0.387. The van der Waals surface area contributed by atoms with Crippen molar-refractivity contribution < 1.29 is 13.0 Å². The molecule has 11 heteroatoms. The van der Waals surface area contributed by atoms with Gasteiger partial charge in [-0.05, 0) is 37.7 Å². The molecule has 0 aliphatic heterocycles. The van der Waals surface area contributed by atoms with E-state index in [2.05, 4.69) is 42.9 Å². The van der Waals surface area contributed by atoms with Crippen molar-refractivity contribution in [2.75, 3.05) is 6.54 Å². The molecule has 3 aromatic heterocycles. The van der Waals surface area contributed by atoms with E-state index >= 15 is 0 Å². The fourth-order valence-electron chi connectivity index (χ4n) is 4.40. The molecule has 2 saturated carbocycles. The van der Waals surface area contributed by atoms with Crippen LogP contribution >= 0.6 is 0 Å². The molecule has 0 amide bonds. The summed E-state index contributed by atoms with van der Waals surface area (Å²) >= 11 is 0. The van der Waals surface area contributed by atoms with Gasteiger partial charge in [0.2, 0.25) is 0 Å². The van der Waals surface area contributed by atoms with E-state index in [0.29, 0.717) is 37.1 Å². The van der Waals surface area contributed by atoms with E-state index in [0.717, 1.165) is 48.4 Å². The van der Waals surface area contributed by atoms with Gasteiger partial charge in [0.05, 0.1) is 23.0 Å². The lowest BCUT2D eigenvalue weighted by Crippen LogP contribution is -2.27. The lowest BCUT2D eigenvalue weighted by molar-refractivity contribution is 0.445. The molecule has 166 valence electrons. The van der Waals surface area contributed by atoms with Gasteiger partial charge in [0.1, 0.15) is 5.82 Å². The lowest BCUT2D eigenvalue weighted by Gasteiger charge is -2.16. The highest BCUT2D eigenvalue weighted by atomic mass is 32.2. The number of aromatic nitrogens is 5.